The summed E-state index contributed by atoms with van der Waals surface area (Å²) >= 11 is 0. The number of esters is 1. The Balaban J connectivity index is 3.08. The van der Waals surface area contributed by atoms with Gasteiger partial charge >= 0.3 is 5.97 Å². The van der Waals surface area contributed by atoms with Crippen molar-refractivity contribution in [1.82, 2.24) is 0 Å². The molecule has 0 amide bonds. The van der Waals surface area contributed by atoms with E-state index in [1.165, 1.54) is 13.2 Å². The fourth-order valence-corrected chi connectivity index (χ4v) is 1.34. The molecule has 0 aliphatic carbocycles. The molecule has 1 atom stereocenters. The van der Waals surface area contributed by atoms with Crippen molar-refractivity contribution in [1.29, 1.82) is 5.26 Å². The molecule has 0 aromatic heterocycles. The minimum Gasteiger partial charge on any atom is -0.505 e. The van der Waals surface area contributed by atoms with Crippen LogP contribution in [0.15, 0.2) is 12.1 Å². The van der Waals surface area contributed by atoms with E-state index in [4.69, 9.17) is 11.0 Å². The number of hydrogen-bond acceptors (Lipinski definition) is 5. The molecule has 17 heavy (non-hydrogen) atoms. The van der Waals surface area contributed by atoms with Crippen LogP contribution in [0.1, 0.15) is 23.6 Å². The quantitative estimate of drug-likeness (QED) is 0.764. The zero-order chi connectivity index (χ0) is 13.0. The molecule has 0 spiro atoms. The average molecular weight is 238 g/mol. The van der Waals surface area contributed by atoms with Crippen LogP contribution in [0.25, 0.3) is 0 Å². The van der Waals surface area contributed by atoms with Gasteiger partial charge in [0.05, 0.1) is 25.2 Å². The topological polar surface area (TPSA) is 96.3 Å². The van der Waals surface area contributed by atoms with E-state index in [0.29, 0.717) is 0 Å². The lowest BCUT2D eigenvalue weighted by molar-refractivity contribution is -0.141. The van der Waals surface area contributed by atoms with Crippen molar-refractivity contribution in [3.63, 3.8) is 0 Å². The Morgan fingerprint density at radius 2 is 2.35 bits per heavy atom. The first-order chi connectivity index (χ1) is 7.99. The van der Waals surface area contributed by atoms with Crippen LogP contribution < -0.4 is 5.73 Å². The molecule has 0 aliphatic heterocycles. The van der Waals surface area contributed by atoms with Gasteiger partial charge in [0.2, 0.25) is 0 Å². The molecule has 0 bridgehead atoms. The van der Waals surface area contributed by atoms with E-state index in [1.54, 1.807) is 6.07 Å². The number of nitriles is 1. The Kier molecular flexibility index (Phi) is 4.01. The van der Waals surface area contributed by atoms with Gasteiger partial charge in [-0.2, -0.15) is 5.26 Å². The van der Waals surface area contributed by atoms with Gasteiger partial charge < -0.3 is 15.6 Å². The highest BCUT2D eigenvalue weighted by Crippen LogP contribution is 2.29. The number of aromatic hydroxyl groups is 1. The Labute approximate surface area is 97.2 Å². The van der Waals surface area contributed by atoms with E-state index in [-0.39, 0.29) is 17.5 Å². The summed E-state index contributed by atoms with van der Waals surface area (Å²) in [5.41, 5.74) is 5.66. The summed E-state index contributed by atoms with van der Waals surface area (Å²) in [7, 11) is 1.20. The molecule has 1 aromatic rings. The van der Waals surface area contributed by atoms with Crippen molar-refractivity contribution in [2.45, 2.75) is 12.5 Å². The summed E-state index contributed by atoms with van der Waals surface area (Å²) in [4.78, 5) is 11.0. The maximum absolute atomic E-state index is 13.2. The lowest BCUT2D eigenvalue weighted by atomic mass is 10.0. The van der Waals surface area contributed by atoms with E-state index >= 15 is 0 Å². The molecule has 1 rings (SSSR count). The number of rotatable bonds is 3. The molecular weight excluding hydrogens is 227 g/mol. The summed E-state index contributed by atoms with van der Waals surface area (Å²) in [6, 6.07) is 2.94. The number of hydrogen-bond donors (Lipinski definition) is 2. The number of carbonyl (C=O) groups is 1. The second-order valence-electron chi connectivity index (χ2n) is 3.39. The third kappa shape index (κ3) is 2.92. The molecule has 6 heteroatoms. The molecule has 0 aliphatic rings. The van der Waals surface area contributed by atoms with Crippen LogP contribution in [-0.4, -0.2) is 18.2 Å². The monoisotopic (exact) mass is 238 g/mol. The zero-order valence-corrected chi connectivity index (χ0v) is 9.11. The fourth-order valence-electron chi connectivity index (χ4n) is 1.34. The van der Waals surface area contributed by atoms with Crippen LogP contribution in [0.3, 0.4) is 0 Å². The van der Waals surface area contributed by atoms with Gasteiger partial charge in [0.25, 0.3) is 0 Å². The van der Waals surface area contributed by atoms with E-state index in [9.17, 15) is 14.3 Å². The first-order valence-corrected chi connectivity index (χ1v) is 4.74. The summed E-state index contributed by atoms with van der Waals surface area (Å²) in [5, 5.41) is 18.1. The number of halogens is 1. The molecule has 0 saturated heterocycles. The van der Waals surface area contributed by atoms with Gasteiger partial charge in [0, 0.05) is 11.6 Å². The summed E-state index contributed by atoms with van der Waals surface area (Å²) in [6.45, 7) is 0. The number of phenols is 1. The molecule has 0 fully saturated rings. The molecule has 0 unspecified atom stereocenters. The highest BCUT2D eigenvalue weighted by Gasteiger charge is 2.19. The first kappa shape index (κ1) is 12.9. The number of phenolic OH excluding ortho intramolecular Hbond substituents is 1. The second-order valence-corrected chi connectivity index (χ2v) is 3.39. The Morgan fingerprint density at radius 1 is 1.71 bits per heavy atom. The van der Waals surface area contributed by atoms with E-state index in [1.807, 2.05) is 0 Å². The minimum absolute atomic E-state index is 0.00644. The van der Waals surface area contributed by atoms with Gasteiger partial charge in [-0.1, -0.05) is 0 Å². The average Bonchev–Trinajstić information content (AvgIpc) is 2.31. The number of nitrogens with two attached hydrogens (primary N) is 1. The van der Waals surface area contributed by atoms with Crippen molar-refractivity contribution in [2.24, 2.45) is 5.73 Å². The van der Waals surface area contributed by atoms with Crippen LogP contribution in [-0.2, 0) is 9.53 Å². The summed E-state index contributed by atoms with van der Waals surface area (Å²) < 4.78 is 17.6. The van der Waals surface area contributed by atoms with Crippen LogP contribution >= 0.6 is 0 Å². The van der Waals surface area contributed by atoms with Crippen molar-refractivity contribution in [3.8, 4) is 11.8 Å². The van der Waals surface area contributed by atoms with Gasteiger partial charge in [-0.25, -0.2) is 4.39 Å². The standard InChI is InChI=1S/C11H11FN2O3/c1-17-10(15)4-9(14)7-2-6(5-13)3-8(12)11(7)16/h2-3,9,16H,4,14H2,1H3/t9-/m1/s1. The van der Waals surface area contributed by atoms with Crippen LogP contribution in [0.5, 0.6) is 5.75 Å². The molecular formula is C11H11FN2O3. The van der Waals surface area contributed by atoms with Gasteiger partial charge in [0.1, 0.15) is 0 Å². The normalized spacial score (nSPS) is 11.6. The predicted octanol–water partition coefficient (Wildman–Crippen LogP) is 0.966. The van der Waals surface area contributed by atoms with Gasteiger partial charge in [-0.15, -0.1) is 0 Å². The molecule has 1 aromatic carbocycles. The third-order valence-electron chi connectivity index (χ3n) is 2.24. The van der Waals surface area contributed by atoms with E-state index in [0.717, 1.165) is 6.07 Å². The largest absolute Gasteiger partial charge is 0.505 e. The highest BCUT2D eigenvalue weighted by molar-refractivity contribution is 5.70. The molecule has 90 valence electrons. The Bertz CT molecular complexity index is 482. The Hall–Kier alpha value is -2.13. The van der Waals surface area contributed by atoms with Crippen LogP contribution in [0.2, 0.25) is 0 Å². The maximum atomic E-state index is 13.2. The van der Waals surface area contributed by atoms with E-state index < -0.39 is 23.6 Å². The fraction of sp³-hybridized carbons (Fsp3) is 0.273. The van der Waals surface area contributed by atoms with Crippen LogP contribution in [0, 0.1) is 17.1 Å². The number of nitrogens with zero attached hydrogens (tertiary/aromatic N) is 1. The lowest BCUT2D eigenvalue weighted by Gasteiger charge is -2.13. The summed E-state index contributed by atoms with van der Waals surface area (Å²) in [6.07, 6.45) is -0.210. The molecule has 0 radical (unpaired) electrons. The summed E-state index contributed by atoms with van der Waals surface area (Å²) in [5.74, 6) is -2.18. The zero-order valence-electron chi connectivity index (χ0n) is 9.11. The molecule has 3 N–H and O–H groups in total. The minimum atomic E-state index is -0.945. The third-order valence-corrected chi connectivity index (χ3v) is 2.24. The number of methoxy groups -OCH3 is 1. The number of benzene rings is 1. The molecule has 5 nitrogen and oxygen atoms in total. The van der Waals surface area contributed by atoms with Crippen molar-refractivity contribution in [3.05, 3.63) is 29.1 Å². The van der Waals surface area contributed by atoms with Gasteiger partial charge in [-0.05, 0) is 12.1 Å². The number of ether oxygens (including phenoxy) is 1. The SMILES string of the molecule is COC(=O)C[C@@H](N)c1cc(C#N)cc(F)c1O. The van der Waals surface area contributed by atoms with Crippen molar-refractivity contribution < 1.29 is 19.0 Å². The maximum Gasteiger partial charge on any atom is 0.307 e. The van der Waals surface area contributed by atoms with Crippen molar-refractivity contribution in [2.75, 3.05) is 7.11 Å². The van der Waals surface area contributed by atoms with Gasteiger partial charge in [0.15, 0.2) is 11.6 Å². The molecule has 0 heterocycles. The molecule has 0 saturated carbocycles. The van der Waals surface area contributed by atoms with E-state index in [2.05, 4.69) is 4.74 Å². The predicted molar refractivity (Wildman–Crippen MR) is 56.3 cm³/mol. The van der Waals surface area contributed by atoms with Crippen molar-refractivity contribution >= 4 is 5.97 Å². The van der Waals surface area contributed by atoms with Crippen LogP contribution in [0.4, 0.5) is 4.39 Å². The first-order valence-electron chi connectivity index (χ1n) is 4.74. The Morgan fingerprint density at radius 3 is 2.88 bits per heavy atom. The second kappa shape index (κ2) is 5.27. The number of carbonyl (C=O) groups excluding carboxylic acids is 1. The smallest absolute Gasteiger partial charge is 0.307 e. The highest BCUT2D eigenvalue weighted by atomic mass is 19.1. The lowest BCUT2D eigenvalue weighted by Crippen LogP contribution is -2.17. The van der Waals surface area contributed by atoms with Gasteiger partial charge in [-0.3, -0.25) is 4.79 Å².